The molecule has 76 valence electrons. The van der Waals surface area contributed by atoms with E-state index < -0.39 is 0 Å². The lowest BCUT2D eigenvalue weighted by molar-refractivity contribution is 0.897. The maximum absolute atomic E-state index is 11.1. The number of nitrogens with one attached hydrogen (secondary N) is 1. The number of aromatic nitrogens is 2. The first-order chi connectivity index (χ1) is 7.25. The van der Waals surface area contributed by atoms with Crippen molar-refractivity contribution in [3.63, 3.8) is 0 Å². The number of hydrogen-bond acceptors (Lipinski definition) is 2. The summed E-state index contributed by atoms with van der Waals surface area (Å²) in [5.41, 5.74) is 2.66. The molecule has 0 unspecified atom stereocenters. The molecule has 2 aromatic rings. The molecule has 0 aliphatic rings. The Morgan fingerprint density at radius 3 is 2.67 bits per heavy atom. The van der Waals surface area contributed by atoms with Gasteiger partial charge in [0.15, 0.2) is 0 Å². The number of H-pyrrole nitrogens is 1. The van der Waals surface area contributed by atoms with Gasteiger partial charge in [-0.3, -0.25) is 4.79 Å². The van der Waals surface area contributed by atoms with Crippen molar-refractivity contribution in [2.45, 2.75) is 13.3 Å². The summed E-state index contributed by atoms with van der Waals surface area (Å²) >= 11 is 0. The minimum absolute atomic E-state index is 0.119. The monoisotopic (exact) mass is 200 g/mol. The highest BCUT2D eigenvalue weighted by Gasteiger charge is 1.99. The van der Waals surface area contributed by atoms with Crippen LogP contribution in [-0.4, -0.2) is 10.2 Å². The predicted octanol–water partition coefficient (Wildman–Crippen LogP) is 1.67. The minimum atomic E-state index is -0.119. The van der Waals surface area contributed by atoms with Crippen molar-refractivity contribution in [3.8, 4) is 0 Å². The van der Waals surface area contributed by atoms with Crippen molar-refractivity contribution < 1.29 is 0 Å². The van der Waals surface area contributed by atoms with E-state index in [9.17, 15) is 4.79 Å². The topological polar surface area (TPSA) is 45.8 Å². The molecule has 0 amide bonds. The van der Waals surface area contributed by atoms with E-state index in [-0.39, 0.29) is 5.56 Å². The molecule has 1 heterocycles. The number of hydrogen-bond donors (Lipinski definition) is 1. The molecule has 0 spiro atoms. The maximum atomic E-state index is 11.1. The molecule has 0 bridgehead atoms. The van der Waals surface area contributed by atoms with Gasteiger partial charge in [0.25, 0.3) is 5.56 Å². The van der Waals surface area contributed by atoms with Crippen molar-refractivity contribution in [3.05, 3.63) is 63.6 Å². The lowest BCUT2D eigenvalue weighted by atomic mass is 10.1. The number of nitrogens with zero attached hydrogens (tertiary/aromatic N) is 1. The molecule has 15 heavy (non-hydrogen) atoms. The molecule has 0 aliphatic carbocycles. The van der Waals surface area contributed by atoms with Crippen LogP contribution in [0, 0.1) is 6.92 Å². The molecule has 0 radical (unpaired) electrons. The standard InChI is InChI=1S/C12H12N2O/c1-9-7-11(13-14-12(9)15)8-10-5-3-2-4-6-10/h2-7H,8H2,1H3,(H,14,15). The summed E-state index contributed by atoms with van der Waals surface area (Å²) in [5, 5.41) is 6.48. The Morgan fingerprint density at radius 1 is 1.27 bits per heavy atom. The van der Waals surface area contributed by atoms with Crippen LogP contribution in [0.2, 0.25) is 0 Å². The zero-order valence-electron chi connectivity index (χ0n) is 8.53. The SMILES string of the molecule is Cc1cc(Cc2ccccc2)n[nH]c1=O. The summed E-state index contributed by atoms with van der Waals surface area (Å²) in [6, 6.07) is 11.9. The smallest absolute Gasteiger partial charge is 0.267 e. The molecule has 0 saturated carbocycles. The Hall–Kier alpha value is -1.90. The van der Waals surface area contributed by atoms with E-state index in [1.165, 1.54) is 5.56 Å². The predicted molar refractivity (Wildman–Crippen MR) is 58.8 cm³/mol. The maximum Gasteiger partial charge on any atom is 0.267 e. The summed E-state index contributed by atoms with van der Waals surface area (Å²) in [7, 11) is 0. The van der Waals surface area contributed by atoms with E-state index in [2.05, 4.69) is 10.2 Å². The van der Waals surface area contributed by atoms with Gasteiger partial charge in [0, 0.05) is 12.0 Å². The Labute approximate surface area is 87.8 Å². The third-order valence-corrected chi connectivity index (χ3v) is 2.27. The van der Waals surface area contributed by atoms with Gasteiger partial charge in [-0.2, -0.15) is 5.10 Å². The van der Waals surface area contributed by atoms with Gasteiger partial charge >= 0.3 is 0 Å². The first-order valence-electron chi connectivity index (χ1n) is 4.85. The van der Waals surface area contributed by atoms with Crippen molar-refractivity contribution in [2.75, 3.05) is 0 Å². The van der Waals surface area contributed by atoms with Gasteiger partial charge in [-0.25, -0.2) is 5.10 Å². The zero-order valence-corrected chi connectivity index (χ0v) is 8.53. The zero-order chi connectivity index (χ0) is 10.7. The minimum Gasteiger partial charge on any atom is -0.268 e. The van der Waals surface area contributed by atoms with Crippen LogP contribution >= 0.6 is 0 Å². The van der Waals surface area contributed by atoms with E-state index in [0.717, 1.165) is 12.1 Å². The van der Waals surface area contributed by atoms with Gasteiger partial charge in [0.2, 0.25) is 0 Å². The molecule has 0 atom stereocenters. The molecule has 0 aliphatic heterocycles. The van der Waals surface area contributed by atoms with Gasteiger partial charge < -0.3 is 0 Å². The summed E-state index contributed by atoms with van der Waals surface area (Å²) in [4.78, 5) is 11.1. The fraction of sp³-hybridized carbons (Fsp3) is 0.167. The third-order valence-electron chi connectivity index (χ3n) is 2.27. The fourth-order valence-corrected chi connectivity index (χ4v) is 1.45. The van der Waals surface area contributed by atoms with Crippen molar-refractivity contribution in [2.24, 2.45) is 0 Å². The molecule has 1 N–H and O–H groups in total. The number of aryl methyl sites for hydroxylation is 1. The highest BCUT2D eigenvalue weighted by molar-refractivity contribution is 5.22. The average Bonchev–Trinajstić information content (AvgIpc) is 2.25. The van der Waals surface area contributed by atoms with Crippen LogP contribution in [0.4, 0.5) is 0 Å². The van der Waals surface area contributed by atoms with Gasteiger partial charge in [0.1, 0.15) is 0 Å². The summed E-state index contributed by atoms with van der Waals surface area (Å²) in [6.07, 6.45) is 0.748. The molecule has 0 saturated heterocycles. The highest BCUT2D eigenvalue weighted by Crippen LogP contribution is 2.05. The van der Waals surface area contributed by atoms with Crippen LogP contribution in [0.25, 0.3) is 0 Å². The lowest BCUT2D eigenvalue weighted by Gasteiger charge is -2.00. The Bertz CT molecular complexity index is 503. The highest BCUT2D eigenvalue weighted by atomic mass is 16.1. The Kier molecular flexibility index (Phi) is 2.63. The van der Waals surface area contributed by atoms with Crippen molar-refractivity contribution >= 4 is 0 Å². The molecule has 3 heteroatoms. The van der Waals surface area contributed by atoms with E-state index in [4.69, 9.17) is 0 Å². The van der Waals surface area contributed by atoms with Crippen molar-refractivity contribution in [1.29, 1.82) is 0 Å². The Morgan fingerprint density at radius 2 is 2.00 bits per heavy atom. The van der Waals surface area contributed by atoms with E-state index >= 15 is 0 Å². The first-order valence-corrected chi connectivity index (χ1v) is 4.85. The van der Waals surface area contributed by atoms with Crippen LogP contribution in [0.15, 0.2) is 41.2 Å². The second kappa shape index (κ2) is 4.09. The number of aromatic amines is 1. The number of rotatable bonds is 2. The fourth-order valence-electron chi connectivity index (χ4n) is 1.45. The first kappa shape index (κ1) is 9.65. The van der Waals surface area contributed by atoms with Crippen LogP contribution in [-0.2, 0) is 6.42 Å². The summed E-state index contributed by atoms with van der Waals surface area (Å²) < 4.78 is 0. The van der Waals surface area contributed by atoms with Crippen LogP contribution in [0.5, 0.6) is 0 Å². The molecule has 1 aromatic heterocycles. The normalized spacial score (nSPS) is 10.2. The van der Waals surface area contributed by atoms with E-state index in [1.54, 1.807) is 6.92 Å². The van der Waals surface area contributed by atoms with E-state index in [1.807, 2.05) is 36.4 Å². The van der Waals surface area contributed by atoms with Crippen LogP contribution < -0.4 is 5.56 Å². The van der Waals surface area contributed by atoms with Crippen molar-refractivity contribution in [1.82, 2.24) is 10.2 Å². The van der Waals surface area contributed by atoms with Crippen LogP contribution in [0.3, 0.4) is 0 Å². The van der Waals surface area contributed by atoms with Gasteiger partial charge in [-0.1, -0.05) is 30.3 Å². The lowest BCUT2D eigenvalue weighted by Crippen LogP contribution is -2.12. The second-order valence-electron chi connectivity index (χ2n) is 3.53. The summed E-state index contributed by atoms with van der Waals surface area (Å²) in [5.74, 6) is 0. The van der Waals surface area contributed by atoms with E-state index in [0.29, 0.717) is 5.56 Å². The largest absolute Gasteiger partial charge is 0.268 e. The van der Waals surface area contributed by atoms with Gasteiger partial charge in [0.05, 0.1) is 5.69 Å². The molecular weight excluding hydrogens is 188 g/mol. The summed E-state index contributed by atoms with van der Waals surface area (Å²) in [6.45, 7) is 1.79. The molecule has 0 fully saturated rings. The molecule has 1 aromatic carbocycles. The molecular formula is C12H12N2O. The van der Waals surface area contributed by atoms with Gasteiger partial charge in [-0.15, -0.1) is 0 Å². The number of benzene rings is 1. The second-order valence-corrected chi connectivity index (χ2v) is 3.53. The average molecular weight is 200 g/mol. The Balaban J connectivity index is 2.26. The third kappa shape index (κ3) is 2.31. The van der Waals surface area contributed by atoms with Crippen LogP contribution in [0.1, 0.15) is 16.8 Å². The quantitative estimate of drug-likeness (QED) is 0.801. The molecule has 2 rings (SSSR count). The molecule has 3 nitrogen and oxygen atoms in total. The van der Waals surface area contributed by atoms with Gasteiger partial charge in [-0.05, 0) is 18.6 Å².